The molecule has 0 bridgehead atoms. The van der Waals surface area contributed by atoms with Gasteiger partial charge < -0.3 is 10.0 Å². The second-order valence-electron chi connectivity index (χ2n) is 2.84. The molecule has 0 radical (unpaired) electrons. The Morgan fingerprint density at radius 1 is 1.25 bits per heavy atom. The molecule has 0 aliphatic heterocycles. The fourth-order valence-electron chi connectivity index (χ4n) is 1.32. The number of hydrogen-bond donors (Lipinski definition) is 2. The van der Waals surface area contributed by atoms with Gasteiger partial charge in [-0.15, -0.1) is 0 Å². The first-order valence-electron chi connectivity index (χ1n) is 4.16. The summed E-state index contributed by atoms with van der Waals surface area (Å²) < 4.78 is 0. The van der Waals surface area contributed by atoms with E-state index >= 15 is 0 Å². The van der Waals surface area contributed by atoms with Crippen LogP contribution in [0.15, 0.2) is 30.3 Å². The molecule has 0 fully saturated rings. The van der Waals surface area contributed by atoms with E-state index in [0.29, 0.717) is 0 Å². The third-order valence-electron chi connectivity index (χ3n) is 2.03. The summed E-state index contributed by atoms with van der Waals surface area (Å²) in [5.74, 6) is -0.161. The van der Waals surface area contributed by atoms with Gasteiger partial charge in [0.1, 0.15) is 0 Å². The Morgan fingerprint density at radius 2 is 1.83 bits per heavy atom. The van der Waals surface area contributed by atoms with Crippen LogP contribution in [0.5, 0.6) is 0 Å². The van der Waals surface area contributed by atoms with Crippen LogP contribution in [0.4, 0.5) is 0 Å². The molecule has 1 aromatic carbocycles. The molecule has 1 atom stereocenters. The van der Waals surface area contributed by atoms with Gasteiger partial charge in [-0.3, -0.25) is 0 Å². The molecule has 1 unspecified atom stereocenters. The zero-order valence-corrected chi connectivity index (χ0v) is 7.14. The highest BCUT2D eigenvalue weighted by molar-refractivity contribution is 6.43. The smallest absolute Gasteiger partial charge is 0.427 e. The van der Waals surface area contributed by atoms with Gasteiger partial charge in [0.2, 0.25) is 0 Å². The van der Waals surface area contributed by atoms with Gasteiger partial charge >= 0.3 is 7.12 Å². The third-order valence-corrected chi connectivity index (χ3v) is 2.03. The summed E-state index contributed by atoms with van der Waals surface area (Å²) in [5.41, 5.74) is 0.981. The normalized spacial score (nSPS) is 12.6. The Kier molecular flexibility index (Phi) is 3.32. The Labute approximate surface area is 73.0 Å². The van der Waals surface area contributed by atoms with Crippen LogP contribution in [0.1, 0.15) is 24.7 Å². The molecule has 64 valence electrons. The van der Waals surface area contributed by atoms with E-state index in [2.05, 4.69) is 0 Å². The highest BCUT2D eigenvalue weighted by atomic mass is 16.4. The second kappa shape index (κ2) is 4.29. The van der Waals surface area contributed by atoms with Crippen molar-refractivity contribution in [3.63, 3.8) is 0 Å². The van der Waals surface area contributed by atoms with E-state index in [9.17, 15) is 0 Å². The average Bonchev–Trinajstić information content (AvgIpc) is 2.07. The maximum Gasteiger partial charge on any atom is 0.459 e. The summed E-state index contributed by atoms with van der Waals surface area (Å²) in [6.45, 7) is 1.94. The van der Waals surface area contributed by atoms with E-state index in [4.69, 9.17) is 10.0 Å². The molecule has 0 spiro atoms. The SMILES string of the molecule is CCC(B(O)O)c1ccccc1. The summed E-state index contributed by atoms with van der Waals surface area (Å²) >= 11 is 0. The van der Waals surface area contributed by atoms with Crippen molar-refractivity contribution in [3.05, 3.63) is 35.9 Å². The molecule has 0 aliphatic rings. The number of hydrogen-bond acceptors (Lipinski definition) is 2. The molecule has 2 nitrogen and oxygen atoms in total. The number of rotatable bonds is 3. The molecule has 1 rings (SSSR count). The van der Waals surface area contributed by atoms with E-state index in [1.54, 1.807) is 0 Å². The van der Waals surface area contributed by atoms with Crippen molar-refractivity contribution in [2.45, 2.75) is 19.2 Å². The predicted octanol–water partition coefficient (Wildman–Crippen LogP) is 1.19. The molecule has 12 heavy (non-hydrogen) atoms. The van der Waals surface area contributed by atoms with Crippen LogP contribution < -0.4 is 0 Å². The van der Waals surface area contributed by atoms with Crippen LogP contribution in [-0.2, 0) is 0 Å². The molecule has 0 aromatic heterocycles. The van der Waals surface area contributed by atoms with Gasteiger partial charge in [0.15, 0.2) is 0 Å². The molecular formula is C9H13BO2. The van der Waals surface area contributed by atoms with E-state index in [1.807, 2.05) is 37.3 Å². The minimum Gasteiger partial charge on any atom is -0.427 e. The van der Waals surface area contributed by atoms with E-state index in [1.165, 1.54) is 0 Å². The maximum absolute atomic E-state index is 9.02. The predicted molar refractivity (Wildman–Crippen MR) is 49.7 cm³/mol. The summed E-state index contributed by atoms with van der Waals surface area (Å²) in [5, 5.41) is 18.0. The van der Waals surface area contributed by atoms with Gasteiger partial charge in [0, 0.05) is 5.82 Å². The summed E-state index contributed by atoms with van der Waals surface area (Å²) in [7, 11) is -1.25. The van der Waals surface area contributed by atoms with E-state index < -0.39 is 7.12 Å². The highest BCUT2D eigenvalue weighted by Crippen LogP contribution is 2.19. The Morgan fingerprint density at radius 3 is 2.25 bits per heavy atom. The van der Waals surface area contributed by atoms with Crippen LogP contribution in [0.2, 0.25) is 0 Å². The van der Waals surface area contributed by atoms with Gasteiger partial charge in [-0.2, -0.15) is 0 Å². The zero-order valence-electron chi connectivity index (χ0n) is 7.14. The zero-order chi connectivity index (χ0) is 8.97. The lowest BCUT2D eigenvalue weighted by atomic mass is 9.67. The fourth-order valence-corrected chi connectivity index (χ4v) is 1.32. The fraction of sp³-hybridized carbons (Fsp3) is 0.333. The molecule has 0 saturated heterocycles. The highest BCUT2D eigenvalue weighted by Gasteiger charge is 2.22. The monoisotopic (exact) mass is 164 g/mol. The third kappa shape index (κ3) is 2.09. The largest absolute Gasteiger partial charge is 0.459 e. The van der Waals surface area contributed by atoms with Crippen molar-refractivity contribution in [2.24, 2.45) is 0 Å². The Hall–Kier alpha value is -0.795. The van der Waals surface area contributed by atoms with Gasteiger partial charge in [0.05, 0.1) is 0 Å². The first kappa shape index (κ1) is 9.29. The van der Waals surface area contributed by atoms with Crippen LogP contribution >= 0.6 is 0 Å². The van der Waals surface area contributed by atoms with Crippen molar-refractivity contribution in [3.8, 4) is 0 Å². The average molecular weight is 164 g/mol. The van der Waals surface area contributed by atoms with Gasteiger partial charge in [-0.1, -0.05) is 43.7 Å². The van der Waals surface area contributed by atoms with Crippen molar-refractivity contribution in [1.29, 1.82) is 0 Å². The molecule has 2 N–H and O–H groups in total. The molecule has 0 heterocycles. The first-order valence-corrected chi connectivity index (χ1v) is 4.16. The van der Waals surface area contributed by atoms with Crippen LogP contribution in [0, 0.1) is 0 Å². The van der Waals surface area contributed by atoms with Gasteiger partial charge in [-0.05, 0) is 5.56 Å². The van der Waals surface area contributed by atoms with Crippen molar-refractivity contribution < 1.29 is 10.0 Å². The summed E-state index contributed by atoms with van der Waals surface area (Å²) in [4.78, 5) is 0. The van der Waals surface area contributed by atoms with Crippen LogP contribution in [-0.4, -0.2) is 17.2 Å². The summed E-state index contributed by atoms with van der Waals surface area (Å²) in [6.07, 6.45) is 0.738. The van der Waals surface area contributed by atoms with Gasteiger partial charge in [-0.25, -0.2) is 0 Å². The van der Waals surface area contributed by atoms with Crippen molar-refractivity contribution in [2.75, 3.05) is 0 Å². The van der Waals surface area contributed by atoms with Crippen LogP contribution in [0.3, 0.4) is 0 Å². The maximum atomic E-state index is 9.02. The Balaban J connectivity index is 2.80. The quantitative estimate of drug-likeness (QED) is 0.658. The lowest BCUT2D eigenvalue weighted by molar-refractivity contribution is 0.385. The molecule has 1 aromatic rings. The number of benzene rings is 1. The minimum absolute atomic E-state index is 0.161. The van der Waals surface area contributed by atoms with E-state index in [0.717, 1.165) is 12.0 Å². The molecule has 0 aliphatic carbocycles. The van der Waals surface area contributed by atoms with E-state index in [-0.39, 0.29) is 5.82 Å². The summed E-state index contributed by atoms with van der Waals surface area (Å²) in [6, 6.07) is 9.54. The molecule has 0 amide bonds. The molecule has 0 saturated carbocycles. The minimum atomic E-state index is -1.25. The van der Waals surface area contributed by atoms with Crippen LogP contribution in [0.25, 0.3) is 0 Å². The Bertz CT molecular complexity index is 223. The lowest BCUT2D eigenvalue weighted by Crippen LogP contribution is -2.22. The van der Waals surface area contributed by atoms with Crippen molar-refractivity contribution in [1.82, 2.24) is 0 Å². The second-order valence-corrected chi connectivity index (χ2v) is 2.84. The van der Waals surface area contributed by atoms with Gasteiger partial charge in [0.25, 0.3) is 0 Å². The topological polar surface area (TPSA) is 40.5 Å². The molecule has 3 heteroatoms. The lowest BCUT2D eigenvalue weighted by Gasteiger charge is -2.12. The molecular weight excluding hydrogens is 151 g/mol. The first-order chi connectivity index (χ1) is 5.75. The van der Waals surface area contributed by atoms with Crippen molar-refractivity contribution >= 4 is 7.12 Å². The standard InChI is InChI=1S/C9H13BO2/c1-2-9(10(11)12)8-6-4-3-5-7-8/h3-7,9,11-12H,2H2,1H3.